The average molecular weight is 460 g/mol. The third-order valence-electron chi connectivity index (χ3n) is 3.75. The summed E-state index contributed by atoms with van der Waals surface area (Å²) in [5.41, 5.74) is -0.371. The van der Waals surface area contributed by atoms with Crippen molar-refractivity contribution in [1.29, 1.82) is 0 Å². The summed E-state index contributed by atoms with van der Waals surface area (Å²) in [7, 11) is 0. The maximum Gasteiger partial charge on any atom is 0.416 e. The first-order valence-corrected chi connectivity index (χ1v) is 10.2. The van der Waals surface area contributed by atoms with Crippen molar-refractivity contribution in [2.45, 2.75) is 12.3 Å². The van der Waals surface area contributed by atoms with Crippen LogP contribution in [0.1, 0.15) is 5.56 Å². The number of ether oxygens (including phenoxy) is 1. The molecule has 1 atom stereocenters. The molecule has 0 fully saturated rings. The van der Waals surface area contributed by atoms with E-state index in [1.54, 1.807) is 0 Å². The van der Waals surface area contributed by atoms with Crippen molar-refractivity contribution >= 4 is 29.3 Å². The number of halogens is 4. The van der Waals surface area contributed by atoms with Crippen molar-refractivity contribution in [1.82, 2.24) is 5.32 Å². The molecule has 2 rings (SSSR count). The van der Waals surface area contributed by atoms with Crippen LogP contribution in [0.3, 0.4) is 0 Å². The number of aliphatic hydroxyl groups is 1. The molecule has 0 aliphatic carbocycles. The lowest BCUT2D eigenvalue weighted by Crippen LogP contribution is -2.36. The van der Waals surface area contributed by atoms with Gasteiger partial charge in [0.1, 0.15) is 24.3 Å². The first kappa shape index (κ1) is 24.5. The summed E-state index contributed by atoms with van der Waals surface area (Å²) >= 11 is 1.05. The SMILES string of the molecule is O=C(CSCC(=O)Nc1ccc(F)cc1)NCC(O)COc1ccc(C(F)(F)F)cc1. The van der Waals surface area contributed by atoms with E-state index < -0.39 is 29.6 Å². The summed E-state index contributed by atoms with van der Waals surface area (Å²) in [5, 5.41) is 14.8. The number of anilines is 1. The van der Waals surface area contributed by atoms with Crippen molar-refractivity contribution in [3.8, 4) is 5.75 Å². The van der Waals surface area contributed by atoms with Crippen molar-refractivity contribution < 1.29 is 37.0 Å². The van der Waals surface area contributed by atoms with Gasteiger partial charge in [-0.3, -0.25) is 9.59 Å². The van der Waals surface area contributed by atoms with Crippen molar-refractivity contribution in [2.75, 3.05) is 30.0 Å². The van der Waals surface area contributed by atoms with E-state index in [0.717, 1.165) is 36.0 Å². The lowest BCUT2D eigenvalue weighted by Gasteiger charge is -2.14. The molecule has 0 heterocycles. The second kappa shape index (κ2) is 11.6. The van der Waals surface area contributed by atoms with Crippen LogP contribution in [-0.2, 0) is 15.8 Å². The fraction of sp³-hybridized carbons (Fsp3) is 0.300. The topological polar surface area (TPSA) is 87.7 Å². The third kappa shape index (κ3) is 9.26. The van der Waals surface area contributed by atoms with Gasteiger partial charge in [0.15, 0.2) is 0 Å². The molecule has 2 amide bonds. The van der Waals surface area contributed by atoms with E-state index in [4.69, 9.17) is 4.74 Å². The summed E-state index contributed by atoms with van der Waals surface area (Å²) in [6.07, 6.45) is -5.51. The van der Waals surface area contributed by atoms with Gasteiger partial charge in [-0.15, -0.1) is 11.8 Å². The molecule has 11 heteroatoms. The minimum absolute atomic E-state index is 0.00435. The first-order chi connectivity index (χ1) is 14.6. The van der Waals surface area contributed by atoms with Crippen molar-refractivity contribution in [2.24, 2.45) is 0 Å². The van der Waals surface area contributed by atoms with Gasteiger partial charge >= 0.3 is 6.18 Å². The second-order valence-corrected chi connectivity index (χ2v) is 7.32. The van der Waals surface area contributed by atoms with Gasteiger partial charge in [0.2, 0.25) is 11.8 Å². The van der Waals surface area contributed by atoms with Gasteiger partial charge in [-0.05, 0) is 48.5 Å². The summed E-state index contributed by atoms with van der Waals surface area (Å²) in [6.45, 7) is -0.347. The van der Waals surface area contributed by atoms with Gasteiger partial charge in [0.25, 0.3) is 0 Å². The number of carbonyl (C=O) groups excluding carboxylic acids is 2. The number of amides is 2. The average Bonchev–Trinajstić information content (AvgIpc) is 2.72. The Bertz CT molecular complexity index is 861. The van der Waals surface area contributed by atoms with E-state index in [1.807, 2.05) is 0 Å². The van der Waals surface area contributed by atoms with Gasteiger partial charge in [0, 0.05) is 12.2 Å². The number of alkyl halides is 3. The van der Waals surface area contributed by atoms with Gasteiger partial charge < -0.3 is 20.5 Å². The second-order valence-electron chi connectivity index (χ2n) is 6.34. The highest BCUT2D eigenvalue weighted by Crippen LogP contribution is 2.30. The number of aliphatic hydroxyl groups excluding tert-OH is 1. The third-order valence-corrected chi connectivity index (χ3v) is 4.69. The predicted octanol–water partition coefficient (Wildman–Crippen LogP) is 3.07. The Morgan fingerprint density at radius 1 is 1.00 bits per heavy atom. The molecule has 0 saturated heterocycles. The van der Waals surface area contributed by atoms with Crippen LogP contribution in [0.5, 0.6) is 5.75 Å². The standard InChI is InChI=1S/C20H20F4N2O4S/c21-14-3-5-15(6-4-14)26-19(29)12-31-11-18(28)25-9-16(27)10-30-17-7-1-13(2-8-17)20(22,23)24/h1-8,16,27H,9-12H2,(H,25,28)(H,26,29). The van der Waals surface area contributed by atoms with Crippen LogP contribution >= 0.6 is 11.8 Å². The Balaban J connectivity index is 1.60. The summed E-state index contributed by atoms with van der Waals surface area (Å²) in [5.74, 6) is -1.05. The molecule has 6 nitrogen and oxygen atoms in total. The van der Waals surface area contributed by atoms with E-state index in [0.29, 0.717) is 5.69 Å². The zero-order chi connectivity index (χ0) is 22.9. The molecule has 0 bridgehead atoms. The number of hydrogen-bond donors (Lipinski definition) is 3. The monoisotopic (exact) mass is 460 g/mol. The number of rotatable bonds is 10. The molecule has 0 saturated carbocycles. The van der Waals surface area contributed by atoms with E-state index in [2.05, 4.69) is 10.6 Å². The van der Waals surface area contributed by atoms with E-state index in [1.165, 1.54) is 24.3 Å². The molecule has 1 unspecified atom stereocenters. The number of carbonyl (C=O) groups is 2. The summed E-state index contributed by atoms with van der Waals surface area (Å²) in [4.78, 5) is 23.5. The number of benzene rings is 2. The lowest BCUT2D eigenvalue weighted by atomic mass is 10.2. The smallest absolute Gasteiger partial charge is 0.416 e. The molecule has 3 N–H and O–H groups in total. The maximum absolute atomic E-state index is 12.8. The van der Waals surface area contributed by atoms with E-state index in [9.17, 15) is 32.3 Å². The van der Waals surface area contributed by atoms with Crippen LogP contribution in [-0.4, -0.2) is 47.7 Å². The molecule has 0 aliphatic rings. The molecular formula is C20H20F4N2O4S. The fourth-order valence-electron chi connectivity index (χ4n) is 2.24. The first-order valence-electron chi connectivity index (χ1n) is 9.01. The summed E-state index contributed by atoms with van der Waals surface area (Å²) < 4.78 is 55.5. The van der Waals surface area contributed by atoms with Crippen molar-refractivity contribution in [3.05, 3.63) is 59.9 Å². The normalized spacial score (nSPS) is 12.2. The summed E-state index contributed by atoms with van der Waals surface area (Å²) in [6, 6.07) is 9.27. The molecule has 0 aliphatic heterocycles. The zero-order valence-electron chi connectivity index (χ0n) is 16.1. The number of hydrogen-bond acceptors (Lipinski definition) is 5. The Labute approximate surface area is 180 Å². The highest BCUT2D eigenvalue weighted by molar-refractivity contribution is 8.00. The molecule has 0 spiro atoms. The minimum Gasteiger partial charge on any atom is -0.491 e. The Hall–Kier alpha value is -2.79. The number of thioether (sulfide) groups is 1. The Morgan fingerprint density at radius 3 is 2.23 bits per heavy atom. The lowest BCUT2D eigenvalue weighted by molar-refractivity contribution is -0.137. The van der Waals surface area contributed by atoms with Gasteiger partial charge in [-0.2, -0.15) is 13.2 Å². The molecule has 2 aromatic rings. The minimum atomic E-state index is -4.44. The highest BCUT2D eigenvalue weighted by Gasteiger charge is 2.30. The maximum atomic E-state index is 12.8. The largest absolute Gasteiger partial charge is 0.491 e. The zero-order valence-corrected chi connectivity index (χ0v) is 16.9. The van der Waals surface area contributed by atoms with Gasteiger partial charge in [-0.25, -0.2) is 4.39 Å². The Kier molecular flexibility index (Phi) is 9.13. The van der Waals surface area contributed by atoms with Crippen LogP contribution in [0.25, 0.3) is 0 Å². The van der Waals surface area contributed by atoms with Crippen LogP contribution in [0, 0.1) is 5.82 Å². The van der Waals surface area contributed by atoms with Crippen LogP contribution in [0.2, 0.25) is 0 Å². The fourth-order valence-corrected chi connectivity index (χ4v) is 2.89. The highest BCUT2D eigenvalue weighted by atomic mass is 32.2. The van der Waals surface area contributed by atoms with E-state index >= 15 is 0 Å². The molecular weight excluding hydrogens is 440 g/mol. The van der Waals surface area contributed by atoms with Crippen LogP contribution in [0.15, 0.2) is 48.5 Å². The molecule has 0 radical (unpaired) electrons. The predicted molar refractivity (Wildman–Crippen MR) is 108 cm³/mol. The quantitative estimate of drug-likeness (QED) is 0.475. The van der Waals surface area contributed by atoms with Crippen LogP contribution in [0.4, 0.5) is 23.2 Å². The van der Waals surface area contributed by atoms with Crippen LogP contribution < -0.4 is 15.4 Å². The molecule has 2 aromatic carbocycles. The molecule has 168 valence electrons. The molecule has 31 heavy (non-hydrogen) atoms. The van der Waals surface area contributed by atoms with Gasteiger partial charge in [-0.1, -0.05) is 0 Å². The van der Waals surface area contributed by atoms with Crippen molar-refractivity contribution in [3.63, 3.8) is 0 Å². The van der Waals surface area contributed by atoms with E-state index in [-0.39, 0.29) is 36.3 Å². The Morgan fingerprint density at radius 2 is 1.61 bits per heavy atom. The van der Waals surface area contributed by atoms with Gasteiger partial charge in [0.05, 0.1) is 17.1 Å². The molecule has 0 aromatic heterocycles. The number of nitrogens with one attached hydrogen (secondary N) is 2.